The summed E-state index contributed by atoms with van der Waals surface area (Å²) in [6.07, 6.45) is 0.756. The van der Waals surface area contributed by atoms with Crippen molar-refractivity contribution in [1.82, 2.24) is 0 Å². The predicted octanol–water partition coefficient (Wildman–Crippen LogP) is 3.11. The predicted molar refractivity (Wildman–Crippen MR) is 85.4 cm³/mol. The summed E-state index contributed by atoms with van der Waals surface area (Å²) in [5.41, 5.74) is 3.13. The molecule has 0 spiro atoms. The molecule has 0 aromatic heterocycles. The third kappa shape index (κ3) is 3.64. The summed E-state index contributed by atoms with van der Waals surface area (Å²) in [4.78, 5) is 24.5. The van der Waals surface area contributed by atoms with Gasteiger partial charge in [-0.2, -0.15) is 0 Å². The van der Waals surface area contributed by atoms with E-state index >= 15 is 0 Å². The Labute approximate surface area is 128 Å². The number of esters is 2. The van der Waals surface area contributed by atoms with Gasteiger partial charge in [-0.15, -0.1) is 0 Å². The topological polar surface area (TPSA) is 52.6 Å². The first-order valence-electron chi connectivity index (χ1n) is 7.11. The molecule has 0 heterocycles. The molecule has 1 aliphatic rings. The number of hydrogen-bond donors (Lipinski definition) is 0. The summed E-state index contributed by atoms with van der Waals surface area (Å²) >= 11 is 0. The van der Waals surface area contributed by atoms with Gasteiger partial charge in [-0.1, -0.05) is 43.1 Å². The van der Waals surface area contributed by atoms with E-state index in [-0.39, 0.29) is 5.92 Å². The van der Waals surface area contributed by atoms with Crippen LogP contribution in [0.2, 0.25) is 19.6 Å². The average molecular weight is 310 g/mol. The fourth-order valence-electron chi connectivity index (χ4n) is 3.01. The van der Waals surface area contributed by atoms with E-state index < -0.39 is 25.4 Å². The van der Waals surface area contributed by atoms with Crippen LogP contribution in [0.1, 0.15) is 19.8 Å². The Morgan fingerprint density at radius 3 is 2.05 bits per heavy atom. The second-order valence-corrected chi connectivity index (χ2v) is 12.0. The molecule has 0 bridgehead atoms. The van der Waals surface area contributed by atoms with Crippen LogP contribution in [0.4, 0.5) is 0 Å². The number of allylic oxidation sites excluding steroid dienone is 2. The molecule has 0 saturated heterocycles. The first-order chi connectivity index (χ1) is 9.57. The van der Waals surface area contributed by atoms with E-state index in [4.69, 9.17) is 9.47 Å². The van der Waals surface area contributed by atoms with E-state index in [0.29, 0.717) is 12.8 Å². The quantitative estimate of drug-likeness (QED) is 0.346. The van der Waals surface area contributed by atoms with Gasteiger partial charge in [-0.3, -0.25) is 9.59 Å². The number of carbonyl (C=O) groups is 2. The Morgan fingerprint density at radius 2 is 1.71 bits per heavy atom. The van der Waals surface area contributed by atoms with E-state index in [9.17, 15) is 9.59 Å². The lowest BCUT2D eigenvalue weighted by molar-refractivity contribution is -0.168. The van der Waals surface area contributed by atoms with Crippen LogP contribution in [-0.4, -0.2) is 34.2 Å². The lowest BCUT2D eigenvalue weighted by Crippen LogP contribution is -2.39. The smallest absolute Gasteiger partial charge is 0.323 e. The van der Waals surface area contributed by atoms with Gasteiger partial charge in [-0.05, 0) is 19.8 Å². The minimum Gasteiger partial charge on any atom is -0.468 e. The second-order valence-electron chi connectivity index (χ2n) is 6.93. The summed E-state index contributed by atoms with van der Waals surface area (Å²) in [6.45, 7) is 12.6. The van der Waals surface area contributed by atoms with Crippen LogP contribution in [-0.2, 0) is 19.1 Å². The largest absolute Gasteiger partial charge is 0.468 e. The van der Waals surface area contributed by atoms with E-state index in [1.807, 2.05) is 6.92 Å². The summed E-state index contributed by atoms with van der Waals surface area (Å²) in [6, 6.07) is 0. The molecular formula is C16H26O4Si. The third-order valence-corrected chi connectivity index (χ3v) is 5.11. The maximum Gasteiger partial charge on any atom is 0.323 e. The van der Waals surface area contributed by atoms with Crippen LogP contribution in [0.15, 0.2) is 23.4 Å². The van der Waals surface area contributed by atoms with Gasteiger partial charge in [-0.25, -0.2) is 0 Å². The lowest BCUT2D eigenvalue weighted by Gasteiger charge is -2.22. The summed E-state index contributed by atoms with van der Waals surface area (Å²) in [7, 11) is 1.15. The monoisotopic (exact) mass is 310 g/mol. The van der Waals surface area contributed by atoms with E-state index in [2.05, 4.69) is 31.9 Å². The van der Waals surface area contributed by atoms with Gasteiger partial charge in [0, 0.05) is 5.92 Å². The van der Waals surface area contributed by atoms with Crippen LogP contribution >= 0.6 is 0 Å². The van der Waals surface area contributed by atoms with Crippen molar-refractivity contribution in [2.75, 3.05) is 14.2 Å². The highest BCUT2D eigenvalue weighted by Gasteiger charge is 2.55. The highest BCUT2D eigenvalue weighted by atomic mass is 28.3. The number of methoxy groups -OCH3 is 2. The van der Waals surface area contributed by atoms with Crippen molar-refractivity contribution in [3.8, 4) is 0 Å². The molecule has 4 nitrogen and oxygen atoms in total. The normalized spacial score (nSPS) is 23.0. The van der Waals surface area contributed by atoms with Gasteiger partial charge in [0.05, 0.1) is 22.3 Å². The number of carbonyl (C=O) groups excluding carboxylic acids is 2. The average Bonchev–Trinajstić information content (AvgIpc) is 2.75. The maximum absolute atomic E-state index is 12.2. The van der Waals surface area contributed by atoms with E-state index in [1.165, 1.54) is 14.2 Å². The molecule has 5 heteroatoms. The summed E-state index contributed by atoms with van der Waals surface area (Å²) in [5.74, 6) is -0.992. The van der Waals surface area contributed by atoms with Crippen molar-refractivity contribution >= 4 is 20.0 Å². The maximum atomic E-state index is 12.2. The Hall–Kier alpha value is -1.36. The Kier molecular flexibility index (Phi) is 5.20. The zero-order valence-corrected chi connectivity index (χ0v) is 14.9. The minimum atomic E-state index is -1.47. The molecule has 0 amide bonds. The number of ether oxygens (including phenoxy) is 2. The molecule has 21 heavy (non-hydrogen) atoms. The molecule has 0 radical (unpaired) electrons. The SMILES string of the molecule is C=C(C)C1CC(C(=O)OC)(C(=O)OC)C/C1=C/[Si](C)(C)C. The molecule has 1 fully saturated rings. The summed E-state index contributed by atoms with van der Waals surface area (Å²) in [5, 5.41) is 0. The molecule has 1 rings (SSSR count). The Morgan fingerprint density at radius 1 is 1.24 bits per heavy atom. The van der Waals surface area contributed by atoms with Crippen LogP contribution in [0, 0.1) is 11.3 Å². The Bertz CT molecular complexity index is 469. The zero-order valence-electron chi connectivity index (χ0n) is 13.9. The van der Waals surface area contributed by atoms with Crippen molar-refractivity contribution in [2.45, 2.75) is 39.4 Å². The van der Waals surface area contributed by atoms with Crippen molar-refractivity contribution in [2.24, 2.45) is 11.3 Å². The molecule has 0 aliphatic heterocycles. The number of rotatable bonds is 4. The lowest BCUT2D eigenvalue weighted by atomic mass is 9.84. The van der Waals surface area contributed by atoms with Crippen molar-refractivity contribution < 1.29 is 19.1 Å². The van der Waals surface area contributed by atoms with Crippen LogP contribution in [0.25, 0.3) is 0 Å². The van der Waals surface area contributed by atoms with E-state index in [0.717, 1.165) is 11.1 Å². The standard InChI is InChI=1S/C16H26O4Si/c1-11(2)13-9-16(14(17)19-3,15(18)20-4)8-12(13)10-21(5,6)7/h10,13H,1,8-9H2,2-7H3/b12-10-. The third-order valence-electron chi connectivity index (χ3n) is 3.87. The molecule has 118 valence electrons. The van der Waals surface area contributed by atoms with Crippen molar-refractivity contribution in [3.63, 3.8) is 0 Å². The van der Waals surface area contributed by atoms with Crippen LogP contribution in [0.5, 0.6) is 0 Å². The Balaban J connectivity index is 3.34. The van der Waals surface area contributed by atoms with Crippen molar-refractivity contribution in [1.29, 1.82) is 0 Å². The molecule has 1 saturated carbocycles. The molecule has 1 unspecified atom stereocenters. The molecule has 1 atom stereocenters. The molecule has 0 aromatic carbocycles. The van der Waals surface area contributed by atoms with Gasteiger partial charge in [0.15, 0.2) is 5.41 Å². The van der Waals surface area contributed by atoms with Gasteiger partial charge in [0.25, 0.3) is 0 Å². The molecule has 1 aliphatic carbocycles. The minimum absolute atomic E-state index is 0.0370. The van der Waals surface area contributed by atoms with E-state index in [1.54, 1.807) is 0 Å². The van der Waals surface area contributed by atoms with Gasteiger partial charge in [0.2, 0.25) is 0 Å². The van der Waals surface area contributed by atoms with Gasteiger partial charge >= 0.3 is 11.9 Å². The second kappa shape index (κ2) is 6.18. The van der Waals surface area contributed by atoms with Crippen LogP contribution in [0.3, 0.4) is 0 Å². The number of hydrogen-bond acceptors (Lipinski definition) is 4. The first-order valence-corrected chi connectivity index (χ1v) is 10.7. The highest BCUT2D eigenvalue weighted by Crippen LogP contribution is 2.49. The zero-order chi connectivity index (χ0) is 16.4. The summed E-state index contributed by atoms with van der Waals surface area (Å²) < 4.78 is 9.76. The van der Waals surface area contributed by atoms with Gasteiger partial charge in [0.1, 0.15) is 0 Å². The highest BCUT2D eigenvalue weighted by molar-refractivity contribution is 6.81. The fraction of sp³-hybridized carbons (Fsp3) is 0.625. The van der Waals surface area contributed by atoms with Gasteiger partial charge < -0.3 is 9.47 Å². The molecular weight excluding hydrogens is 284 g/mol. The molecule has 0 aromatic rings. The fourth-order valence-corrected chi connectivity index (χ4v) is 4.42. The van der Waals surface area contributed by atoms with Crippen LogP contribution < -0.4 is 0 Å². The van der Waals surface area contributed by atoms with Crippen molar-refractivity contribution in [3.05, 3.63) is 23.4 Å². The first kappa shape index (κ1) is 17.7. The molecule has 0 N–H and O–H groups in total.